The zero-order valence-corrected chi connectivity index (χ0v) is 10.8. The van der Waals surface area contributed by atoms with Gasteiger partial charge in [0.05, 0.1) is 5.69 Å². The number of hydrogen-bond acceptors (Lipinski definition) is 2. The van der Waals surface area contributed by atoms with Crippen LogP contribution < -0.4 is 5.73 Å². The molecule has 96 valence electrons. The number of aromatic nitrogens is 2. The Morgan fingerprint density at radius 1 is 1.39 bits per heavy atom. The highest BCUT2D eigenvalue weighted by atomic mass is 19.1. The van der Waals surface area contributed by atoms with Crippen molar-refractivity contribution in [3.63, 3.8) is 0 Å². The highest BCUT2D eigenvalue weighted by molar-refractivity contribution is 5.65. The number of aryl methyl sites for hydroxylation is 2. The summed E-state index contributed by atoms with van der Waals surface area (Å²) < 4.78 is 15.5. The molecule has 0 aliphatic rings. The second-order valence-corrected chi connectivity index (χ2v) is 4.42. The minimum Gasteiger partial charge on any atom is -0.326 e. The van der Waals surface area contributed by atoms with E-state index in [9.17, 15) is 4.39 Å². The number of halogens is 1. The van der Waals surface area contributed by atoms with Gasteiger partial charge in [-0.2, -0.15) is 5.10 Å². The van der Waals surface area contributed by atoms with Gasteiger partial charge in [-0.05, 0) is 18.1 Å². The van der Waals surface area contributed by atoms with Crippen LogP contribution in [-0.4, -0.2) is 9.78 Å². The zero-order valence-electron chi connectivity index (χ0n) is 10.8. The van der Waals surface area contributed by atoms with Gasteiger partial charge in [-0.3, -0.25) is 4.68 Å². The van der Waals surface area contributed by atoms with Crippen molar-refractivity contribution in [1.82, 2.24) is 9.78 Å². The molecule has 1 heterocycles. The molecule has 0 saturated carbocycles. The highest BCUT2D eigenvalue weighted by Gasteiger charge is 2.11. The van der Waals surface area contributed by atoms with Gasteiger partial charge < -0.3 is 5.73 Å². The van der Waals surface area contributed by atoms with Crippen molar-refractivity contribution < 1.29 is 4.39 Å². The summed E-state index contributed by atoms with van der Waals surface area (Å²) in [6.45, 7) is 2.33. The van der Waals surface area contributed by atoms with Crippen LogP contribution in [0, 0.1) is 5.82 Å². The van der Waals surface area contributed by atoms with Gasteiger partial charge in [-0.25, -0.2) is 4.39 Å². The van der Waals surface area contributed by atoms with Gasteiger partial charge in [0.15, 0.2) is 0 Å². The smallest absolute Gasteiger partial charge is 0.128 e. The third-order valence-electron chi connectivity index (χ3n) is 2.98. The third-order valence-corrected chi connectivity index (χ3v) is 2.98. The van der Waals surface area contributed by atoms with Crippen molar-refractivity contribution in [2.45, 2.75) is 26.3 Å². The lowest BCUT2D eigenvalue weighted by Crippen LogP contribution is -1.99. The summed E-state index contributed by atoms with van der Waals surface area (Å²) in [6, 6.07) is 5.19. The zero-order chi connectivity index (χ0) is 13.1. The van der Waals surface area contributed by atoms with E-state index >= 15 is 0 Å². The van der Waals surface area contributed by atoms with Crippen LogP contribution in [0.25, 0.3) is 11.1 Å². The van der Waals surface area contributed by atoms with Crippen molar-refractivity contribution in [3.8, 4) is 11.1 Å². The minimum atomic E-state index is -0.249. The molecule has 18 heavy (non-hydrogen) atoms. The summed E-state index contributed by atoms with van der Waals surface area (Å²) in [6.07, 6.45) is 3.85. The number of nitrogens with zero attached hydrogens (tertiary/aromatic N) is 2. The van der Waals surface area contributed by atoms with E-state index in [1.165, 1.54) is 0 Å². The molecule has 0 fully saturated rings. The van der Waals surface area contributed by atoms with Gasteiger partial charge in [0, 0.05) is 30.9 Å². The Labute approximate surface area is 106 Å². The molecule has 0 aliphatic carbocycles. The van der Waals surface area contributed by atoms with E-state index in [1.54, 1.807) is 16.8 Å². The number of nitrogens with two attached hydrogens (primary N) is 1. The van der Waals surface area contributed by atoms with Gasteiger partial charge in [0.2, 0.25) is 0 Å². The quantitative estimate of drug-likeness (QED) is 0.902. The lowest BCUT2D eigenvalue weighted by molar-refractivity contribution is 0.611. The number of benzene rings is 1. The molecular weight excluding hydrogens is 229 g/mol. The molecule has 0 bridgehead atoms. The maximum Gasteiger partial charge on any atom is 0.128 e. The lowest BCUT2D eigenvalue weighted by atomic mass is 10.0. The third kappa shape index (κ3) is 2.43. The van der Waals surface area contributed by atoms with Crippen molar-refractivity contribution in [1.29, 1.82) is 0 Å². The topological polar surface area (TPSA) is 43.8 Å². The van der Waals surface area contributed by atoms with Gasteiger partial charge in [-0.1, -0.05) is 25.5 Å². The predicted molar refractivity (Wildman–Crippen MR) is 70.5 cm³/mol. The molecule has 0 amide bonds. The second-order valence-electron chi connectivity index (χ2n) is 4.42. The van der Waals surface area contributed by atoms with Crippen LogP contribution in [0.5, 0.6) is 0 Å². The summed E-state index contributed by atoms with van der Waals surface area (Å²) in [7, 11) is 1.88. The Morgan fingerprint density at radius 3 is 2.78 bits per heavy atom. The lowest BCUT2D eigenvalue weighted by Gasteiger charge is -2.04. The van der Waals surface area contributed by atoms with Gasteiger partial charge in [-0.15, -0.1) is 0 Å². The first-order valence-corrected chi connectivity index (χ1v) is 6.17. The Hall–Kier alpha value is -1.68. The maximum atomic E-state index is 13.8. The van der Waals surface area contributed by atoms with E-state index in [-0.39, 0.29) is 12.4 Å². The van der Waals surface area contributed by atoms with Crippen molar-refractivity contribution in [2.24, 2.45) is 12.8 Å². The number of rotatable bonds is 4. The molecule has 0 aliphatic heterocycles. The van der Waals surface area contributed by atoms with Crippen LogP contribution in [0.1, 0.15) is 24.6 Å². The van der Waals surface area contributed by atoms with Crippen molar-refractivity contribution in [2.75, 3.05) is 0 Å². The monoisotopic (exact) mass is 247 g/mol. The van der Waals surface area contributed by atoms with E-state index in [2.05, 4.69) is 12.0 Å². The molecule has 1 aromatic heterocycles. The van der Waals surface area contributed by atoms with E-state index in [1.807, 2.05) is 19.3 Å². The summed E-state index contributed by atoms with van der Waals surface area (Å²) in [4.78, 5) is 0. The molecule has 0 radical (unpaired) electrons. The van der Waals surface area contributed by atoms with Crippen LogP contribution in [-0.2, 0) is 20.0 Å². The Bertz CT molecular complexity index is 546. The summed E-state index contributed by atoms with van der Waals surface area (Å²) in [5.74, 6) is -0.249. The Morgan fingerprint density at radius 2 is 2.17 bits per heavy atom. The van der Waals surface area contributed by atoms with Crippen LogP contribution in [0.4, 0.5) is 4.39 Å². The van der Waals surface area contributed by atoms with E-state index in [4.69, 9.17) is 5.73 Å². The second kappa shape index (κ2) is 5.31. The fourth-order valence-electron chi connectivity index (χ4n) is 2.08. The molecule has 4 heteroatoms. The van der Waals surface area contributed by atoms with Crippen LogP contribution in [0.15, 0.2) is 24.4 Å². The van der Waals surface area contributed by atoms with Gasteiger partial charge in [0.1, 0.15) is 5.82 Å². The molecule has 3 nitrogen and oxygen atoms in total. The molecule has 0 unspecified atom stereocenters. The van der Waals surface area contributed by atoms with E-state index in [0.717, 1.165) is 29.7 Å². The Balaban J connectivity index is 2.44. The minimum absolute atomic E-state index is 0.223. The first kappa shape index (κ1) is 12.8. The maximum absolute atomic E-state index is 13.8. The molecule has 2 aromatic rings. The summed E-state index contributed by atoms with van der Waals surface area (Å²) >= 11 is 0. The molecule has 2 N–H and O–H groups in total. The molecule has 1 aromatic carbocycles. The average Bonchev–Trinajstić information content (AvgIpc) is 2.71. The van der Waals surface area contributed by atoms with Gasteiger partial charge in [0.25, 0.3) is 0 Å². The highest BCUT2D eigenvalue weighted by Crippen LogP contribution is 2.25. The SMILES string of the molecule is CCCc1nn(C)cc1-c1ccc(CN)c(F)c1. The molecule has 0 saturated heterocycles. The first-order valence-electron chi connectivity index (χ1n) is 6.17. The van der Waals surface area contributed by atoms with Crippen LogP contribution in [0.2, 0.25) is 0 Å². The van der Waals surface area contributed by atoms with E-state index in [0.29, 0.717) is 5.56 Å². The van der Waals surface area contributed by atoms with E-state index < -0.39 is 0 Å². The van der Waals surface area contributed by atoms with Crippen molar-refractivity contribution in [3.05, 3.63) is 41.5 Å². The molecule has 0 spiro atoms. The Kier molecular flexibility index (Phi) is 3.77. The fraction of sp³-hybridized carbons (Fsp3) is 0.357. The molecule has 0 atom stereocenters. The first-order chi connectivity index (χ1) is 8.65. The van der Waals surface area contributed by atoms with Crippen LogP contribution in [0.3, 0.4) is 0 Å². The largest absolute Gasteiger partial charge is 0.326 e. The van der Waals surface area contributed by atoms with Crippen molar-refractivity contribution >= 4 is 0 Å². The molecule has 2 rings (SSSR count). The number of hydrogen-bond donors (Lipinski definition) is 1. The standard InChI is InChI=1S/C14H18FN3/c1-3-4-14-12(9-18(2)17-14)10-5-6-11(8-16)13(15)7-10/h5-7,9H,3-4,8,16H2,1-2H3. The summed E-state index contributed by atoms with van der Waals surface area (Å²) in [5.41, 5.74) is 8.88. The summed E-state index contributed by atoms with van der Waals surface area (Å²) in [5, 5.41) is 4.42. The predicted octanol–water partition coefficient (Wildman–Crippen LogP) is 2.64. The van der Waals surface area contributed by atoms with Crippen LogP contribution >= 0.6 is 0 Å². The molecular formula is C14H18FN3. The fourth-order valence-corrected chi connectivity index (χ4v) is 2.08. The van der Waals surface area contributed by atoms with Gasteiger partial charge >= 0.3 is 0 Å². The average molecular weight is 247 g/mol. The normalized spacial score (nSPS) is 10.9.